The van der Waals surface area contributed by atoms with Crippen LogP contribution in [-0.2, 0) is 19.6 Å². The fourth-order valence-corrected chi connectivity index (χ4v) is 5.08. The summed E-state index contributed by atoms with van der Waals surface area (Å²) in [6, 6.07) is 14.7. The highest BCUT2D eigenvalue weighted by molar-refractivity contribution is 7.90. The minimum Gasteiger partial charge on any atom is -0.497 e. The molecule has 176 valence electrons. The number of hydrogen-bond acceptors (Lipinski definition) is 8. The fraction of sp³-hybridized carbons (Fsp3) is 0.391. The highest BCUT2D eigenvalue weighted by Gasteiger charge is 2.28. The van der Waals surface area contributed by atoms with Gasteiger partial charge in [-0.05, 0) is 42.8 Å². The summed E-state index contributed by atoms with van der Waals surface area (Å²) in [5.74, 6) is 0.923. The van der Waals surface area contributed by atoms with E-state index in [-0.39, 0.29) is 24.0 Å². The molecule has 10 heteroatoms. The summed E-state index contributed by atoms with van der Waals surface area (Å²) < 4.78 is 38.4. The second-order valence-electron chi connectivity index (χ2n) is 7.87. The van der Waals surface area contributed by atoms with Gasteiger partial charge in [-0.1, -0.05) is 12.1 Å². The lowest BCUT2D eigenvalue weighted by atomic mass is 10.2. The van der Waals surface area contributed by atoms with Gasteiger partial charge >= 0.3 is 5.97 Å². The average Bonchev–Trinajstić information content (AvgIpc) is 3.09. The number of fused-ring (bicyclic) bond motifs is 1. The largest absolute Gasteiger partial charge is 0.497 e. The summed E-state index contributed by atoms with van der Waals surface area (Å²) in [5, 5.41) is 3.03. The predicted octanol–water partition coefficient (Wildman–Crippen LogP) is 1.49. The Balaban J connectivity index is 1.13. The molecule has 4 rings (SSSR count). The first-order valence-electron chi connectivity index (χ1n) is 10.9. The van der Waals surface area contributed by atoms with E-state index in [0.717, 1.165) is 37.6 Å². The molecule has 1 fully saturated rings. The first-order chi connectivity index (χ1) is 16.0. The number of methoxy groups -OCH3 is 1. The molecule has 2 heterocycles. The molecule has 0 saturated carbocycles. The molecule has 0 amide bonds. The Labute approximate surface area is 194 Å². The Morgan fingerprint density at radius 2 is 1.79 bits per heavy atom. The van der Waals surface area contributed by atoms with E-state index >= 15 is 0 Å². The summed E-state index contributed by atoms with van der Waals surface area (Å²) in [5.41, 5.74) is 1.72. The van der Waals surface area contributed by atoms with E-state index in [1.807, 2.05) is 24.3 Å². The molecule has 0 aromatic heterocycles. The van der Waals surface area contributed by atoms with Crippen LogP contribution in [0.3, 0.4) is 0 Å². The number of ether oxygens (including phenoxy) is 2. The minimum atomic E-state index is -3.63. The van der Waals surface area contributed by atoms with Gasteiger partial charge < -0.3 is 19.7 Å². The molecule has 33 heavy (non-hydrogen) atoms. The van der Waals surface area contributed by atoms with Gasteiger partial charge in [0.05, 0.1) is 20.3 Å². The number of esters is 1. The van der Waals surface area contributed by atoms with Crippen molar-refractivity contribution in [3.63, 3.8) is 0 Å². The van der Waals surface area contributed by atoms with Gasteiger partial charge in [-0.15, -0.1) is 4.40 Å². The molecule has 2 aromatic carbocycles. The highest BCUT2D eigenvalue weighted by Crippen LogP contribution is 2.24. The Hall–Kier alpha value is -3.11. The fourth-order valence-electron chi connectivity index (χ4n) is 3.88. The van der Waals surface area contributed by atoms with Crippen LogP contribution in [-0.4, -0.2) is 78.1 Å². The van der Waals surface area contributed by atoms with Crippen LogP contribution in [0.1, 0.15) is 12.0 Å². The lowest BCUT2D eigenvalue weighted by molar-refractivity contribution is -0.145. The van der Waals surface area contributed by atoms with Gasteiger partial charge in [0.2, 0.25) is 0 Å². The molecule has 1 saturated heterocycles. The molecule has 0 unspecified atom stereocenters. The number of carbonyl (C=O) groups is 1. The summed E-state index contributed by atoms with van der Waals surface area (Å²) in [4.78, 5) is 16.8. The van der Waals surface area contributed by atoms with Crippen LogP contribution in [0.15, 0.2) is 57.8 Å². The molecule has 0 atom stereocenters. The zero-order valence-electron chi connectivity index (χ0n) is 18.6. The Bertz CT molecular complexity index is 1110. The third-order valence-corrected chi connectivity index (χ3v) is 7.01. The van der Waals surface area contributed by atoms with Crippen LogP contribution in [0.4, 0.5) is 5.69 Å². The number of carbonyl (C=O) groups excluding carboxylic acids is 1. The second-order valence-corrected chi connectivity index (χ2v) is 9.45. The van der Waals surface area contributed by atoms with Crippen LogP contribution < -0.4 is 15.0 Å². The summed E-state index contributed by atoms with van der Waals surface area (Å²) in [7, 11) is -1.97. The van der Waals surface area contributed by atoms with E-state index in [1.54, 1.807) is 31.4 Å². The molecule has 1 N–H and O–H groups in total. The molecule has 0 radical (unpaired) electrons. The van der Waals surface area contributed by atoms with E-state index in [4.69, 9.17) is 9.47 Å². The maximum atomic E-state index is 12.2. The van der Waals surface area contributed by atoms with Crippen molar-refractivity contribution in [3.8, 4) is 5.75 Å². The van der Waals surface area contributed by atoms with Gasteiger partial charge in [0.25, 0.3) is 10.0 Å². The molecular formula is C23H28N4O5S. The Kier molecular flexibility index (Phi) is 7.14. The Morgan fingerprint density at radius 3 is 2.52 bits per heavy atom. The van der Waals surface area contributed by atoms with Crippen molar-refractivity contribution in [3.05, 3.63) is 54.1 Å². The second kappa shape index (κ2) is 10.2. The minimum absolute atomic E-state index is 0.214. The first-order valence-corrected chi connectivity index (χ1v) is 12.4. The summed E-state index contributed by atoms with van der Waals surface area (Å²) >= 11 is 0. The molecule has 0 bridgehead atoms. The van der Waals surface area contributed by atoms with Gasteiger partial charge in [-0.25, -0.2) is 0 Å². The van der Waals surface area contributed by atoms with Crippen LogP contribution in [0.5, 0.6) is 5.75 Å². The highest BCUT2D eigenvalue weighted by atomic mass is 32.2. The van der Waals surface area contributed by atoms with Gasteiger partial charge in [-0.3, -0.25) is 9.69 Å². The number of nitrogens with zero attached hydrogens (tertiary/aromatic N) is 3. The van der Waals surface area contributed by atoms with E-state index < -0.39 is 10.0 Å². The number of hydrogen-bond donors (Lipinski definition) is 1. The smallest absolute Gasteiger partial charge is 0.320 e. The summed E-state index contributed by atoms with van der Waals surface area (Å²) in [6.07, 6.45) is 0.554. The van der Waals surface area contributed by atoms with Crippen molar-refractivity contribution < 1.29 is 22.7 Å². The number of benzene rings is 2. The zero-order chi connectivity index (χ0) is 23.3. The van der Waals surface area contributed by atoms with Crippen molar-refractivity contribution >= 4 is 27.5 Å². The maximum Gasteiger partial charge on any atom is 0.320 e. The number of nitrogens with one attached hydrogen (secondary N) is 1. The molecule has 9 nitrogen and oxygen atoms in total. The maximum absolute atomic E-state index is 12.2. The van der Waals surface area contributed by atoms with Crippen molar-refractivity contribution in [1.82, 2.24) is 10.2 Å². The van der Waals surface area contributed by atoms with Gasteiger partial charge in [-0.2, -0.15) is 8.42 Å². The standard InChI is InChI=1S/C23H28N4O5S/c1-31-19-9-7-18(8-10-19)27-14-12-26(13-15-27)17-22(28)32-16-4-11-24-23-20-5-2-3-6-21(20)33(29,30)25-23/h2-3,5-10H,4,11-17H2,1H3,(H,24,25). The van der Waals surface area contributed by atoms with E-state index in [9.17, 15) is 13.2 Å². The average molecular weight is 473 g/mol. The molecule has 0 aliphatic carbocycles. The number of anilines is 1. The quantitative estimate of drug-likeness (QED) is 0.456. The van der Waals surface area contributed by atoms with Crippen LogP contribution >= 0.6 is 0 Å². The number of sulfonamides is 1. The van der Waals surface area contributed by atoms with E-state index in [2.05, 4.69) is 19.5 Å². The van der Waals surface area contributed by atoms with Crippen molar-refractivity contribution in [2.75, 3.05) is 57.9 Å². The topological polar surface area (TPSA) is 101 Å². The first kappa shape index (κ1) is 23.1. The number of rotatable bonds is 8. The number of piperazine rings is 1. The van der Waals surface area contributed by atoms with Crippen molar-refractivity contribution in [1.29, 1.82) is 0 Å². The van der Waals surface area contributed by atoms with E-state index in [0.29, 0.717) is 24.4 Å². The monoisotopic (exact) mass is 472 g/mol. The predicted molar refractivity (Wildman–Crippen MR) is 125 cm³/mol. The number of amidine groups is 1. The third kappa shape index (κ3) is 5.63. The molecule has 2 aliphatic heterocycles. The lowest BCUT2D eigenvalue weighted by Gasteiger charge is -2.35. The third-order valence-electron chi connectivity index (χ3n) is 5.67. The van der Waals surface area contributed by atoms with E-state index in [1.165, 1.54) is 0 Å². The lowest BCUT2D eigenvalue weighted by Crippen LogP contribution is -2.48. The van der Waals surface area contributed by atoms with Crippen LogP contribution in [0, 0.1) is 0 Å². The molecular weight excluding hydrogens is 444 g/mol. The van der Waals surface area contributed by atoms with Gasteiger partial charge in [0.1, 0.15) is 16.5 Å². The SMILES string of the molecule is COc1ccc(N2CCN(CC(=O)OCCCNC3=NS(=O)(=O)c4ccccc43)CC2)cc1. The molecule has 0 spiro atoms. The van der Waals surface area contributed by atoms with Gasteiger partial charge in [0.15, 0.2) is 0 Å². The molecule has 2 aromatic rings. The zero-order valence-corrected chi connectivity index (χ0v) is 19.4. The van der Waals surface area contributed by atoms with Crippen molar-refractivity contribution in [2.45, 2.75) is 11.3 Å². The van der Waals surface area contributed by atoms with Crippen LogP contribution in [0.25, 0.3) is 0 Å². The van der Waals surface area contributed by atoms with Gasteiger partial charge in [0, 0.05) is 44.0 Å². The molecule has 2 aliphatic rings. The Morgan fingerprint density at radius 1 is 1.06 bits per heavy atom. The normalized spacial score (nSPS) is 17.2. The van der Waals surface area contributed by atoms with Crippen molar-refractivity contribution in [2.24, 2.45) is 4.40 Å². The summed E-state index contributed by atoms with van der Waals surface area (Å²) in [6.45, 7) is 4.25. The van der Waals surface area contributed by atoms with Crippen LogP contribution in [0.2, 0.25) is 0 Å².